The zero-order valence-corrected chi connectivity index (χ0v) is 12.4. The van der Waals surface area contributed by atoms with Gasteiger partial charge in [0.05, 0.1) is 18.2 Å². The van der Waals surface area contributed by atoms with E-state index >= 15 is 0 Å². The van der Waals surface area contributed by atoms with E-state index in [4.69, 9.17) is 10.5 Å². The number of nitrogens with one attached hydrogen (secondary N) is 1. The smallest absolute Gasteiger partial charge is 0.255 e. The van der Waals surface area contributed by atoms with E-state index in [1.54, 1.807) is 13.2 Å². The van der Waals surface area contributed by atoms with Gasteiger partial charge in [-0.1, -0.05) is 25.5 Å². The second-order valence-electron chi connectivity index (χ2n) is 5.43. The summed E-state index contributed by atoms with van der Waals surface area (Å²) in [7, 11) is 1.56. The predicted molar refractivity (Wildman–Crippen MR) is 77.5 cm³/mol. The van der Waals surface area contributed by atoms with Crippen LogP contribution in [-0.4, -0.2) is 25.1 Å². The molecule has 4 heteroatoms. The van der Waals surface area contributed by atoms with Crippen molar-refractivity contribution in [1.82, 2.24) is 5.32 Å². The third-order valence-electron chi connectivity index (χ3n) is 3.70. The zero-order chi connectivity index (χ0) is 14.6. The van der Waals surface area contributed by atoms with Crippen molar-refractivity contribution >= 4 is 5.91 Å². The van der Waals surface area contributed by atoms with Crippen LogP contribution in [0.2, 0.25) is 0 Å². The van der Waals surface area contributed by atoms with Crippen LogP contribution in [0.15, 0.2) is 18.2 Å². The maximum absolute atomic E-state index is 12.4. The highest BCUT2D eigenvalue weighted by atomic mass is 16.5. The molecule has 0 saturated carbocycles. The van der Waals surface area contributed by atoms with Crippen molar-refractivity contribution < 1.29 is 9.53 Å². The number of ether oxygens (including phenoxy) is 1. The molecule has 106 valence electrons. The van der Waals surface area contributed by atoms with Crippen molar-refractivity contribution in [3.8, 4) is 5.75 Å². The van der Waals surface area contributed by atoms with E-state index in [0.717, 1.165) is 5.56 Å². The van der Waals surface area contributed by atoms with Gasteiger partial charge in [-0.3, -0.25) is 4.79 Å². The van der Waals surface area contributed by atoms with E-state index in [9.17, 15) is 4.79 Å². The molecule has 0 aliphatic rings. The number of nitrogens with two attached hydrogens (primary N) is 1. The molecule has 1 rings (SSSR count). The van der Waals surface area contributed by atoms with Gasteiger partial charge >= 0.3 is 0 Å². The van der Waals surface area contributed by atoms with Crippen LogP contribution in [0.3, 0.4) is 0 Å². The van der Waals surface area contributed by atoms with E-state index in [1.807, 2.05) is 39.8 Å². The number of aryl methyl sites for hydroxylation is 1. The average Bonchev–Trinajstić information content (AvgIpc) is 2.38. The molecule has 19 heavy (non-hydrogen) atoms. The highest BCUT2D eigenvalue weighted by Gasteiger charge is 2.29. The Labute approximate surface area is 115 Å². The van der Waals surface area contributed by atoms with Gasteiger partial charge in [0, 0.05) is 6.54 Å². The van der Waals surface area contributed by atoms with Crippen LogP contribution < -0.4 is 15.8 Å². The molecule has 0 fully saturated rings. The lowest BCUT2D eigenvalue weighted by atomic mass is 9.88. The lowest BCUT2D eigenvalue weighted by Crippen LogP contribution is -2.55. The molecule has 1 unspecified atom stereocenters. The second kappa shape index (κ2) is 6.06. The number of hydrogen-bond acceptors (Lipinski definition) is 3. The lowest BCUT2D eigenvalue weighted by molar-refractivity contribution is 0.0880. The topological polar surface area (TPSA) is 64.3 Å². The van der Waals surface area contributed by atoms with Gasteiger partial charge in [0.1, 0.15) is 5.75 Å². The van der Waals surface area contributed by atoms with Gasteiger partial charge in [-0.25, -0.2) is 0 Å². The Hall–Kier alpha value is -1.55. The molecule has 0 heterocycles. The molecule has 1 aromatic carbocycles. The third kappa shape index (κ3) is 3.47. The molecule has 0 spiro atoms. The van der Waals surface area contributed by atoms with Crippen LogP contribution in [0.5, 0.6) is 5.75 Å². The van der Waals surface area contributed by atoms with Crippen LogP contribution in [0.4, 0.5) is 0 Å². The number of carbonyl (C=O) groups is 1. The Balaban J connectivity index is 3.04. The molecule has 0 aromatic heterocycles. The molecule has 0 aliphatic carbocycles. The molecule has 1 aromatic rings. The van der Waals surface area contributed by atoms with Gasteiger partial charge in [-0.15, -0.1) is 0 Å². The summed E-state index contributed by atoms with van der Waals surface area (Å²) in [5.41, 5.74) is 6.93. The Morgan fingerprint density at radius 1 is 1.47 bits per heavy atom. The molecule has 1 atom stereocenters. The minimum absolute atomic E-state index is 0.151. The maximum Gasteiger partial charge on any atom is 0.255 e. The van der Waals surface area contributed by atoms with Crippen molar-refractivity contribution in [2.24, 2.45) is 11.7 Å². The molecule has 0 radical (unpaired) electrons. The van der Waals surface area contributed by atoms with Crippen molar-refractivity contribution in [3.05, 3.63) is 29.3 Å². The van der Waals surface area contributed by atoms with Crippen molar-refractivity contribution in [1.29, 1.82) is 0 Å². The number of benzene rings is 1. The van der Waals surface area contributed by atoms with E-state index in [-0.39, 0.29) is 11.8 Å². The molecule has 0 saturated heterocycles. The van der Waals surface area contributed by atoms with Crippen LogP contribution in [0.25, 0.3) is 0 Å². The first-order valence-corrected chi connectivity index (χ1v) is 6.51. The number of amides is 1. The molecular weight excluding hydrogens is 240 g/mol. The largest absolute Gasteiger partial charge is 0.496 e. The summed E-state index contributed by atoms with van der Waals surface area (Å²) >= 11 is 0. The van der Waals surface area contributed by atoms with Crippen molar-refractivity contribution in [2.45, 2.75) is 33.2 Å². The summed E-state index contributed by atoms with van der Waals surface area (Å²) in [4.78, 5) is 12.4. The lowest BCUT2D eigenvalue weighted by Gasteiger charge is -2.33. The van der Waals surface area contributed by atoms with Gasteiger partial charge in [0.15, 0.2) is 0 Å². The summed E-state index contributed by atoms with van der Waals surface area (Å²) in [5, 5.41) is 3.02. The molecule has 3 N–H and O–H groups in total. The quantitative estimate of drug-likeness (QED) is 0.856. The summed E-state index contributed by atoms with van der Waals surface area (Å²) in [6.07, 6.45) is 0. The minimum atomic E-state index is -0.425. The van der Waals surface area contributed by atoms with E-state index < -0.39 is 5.54 Å². The summed E-state index contributed by atoms with van der Waals surface area (Å²) in [5.74, 6) is 0.672. The van der Waals surface area contributed by atoms with E-state index in [2.05, 4.69) is 5.32 Å². The predicted octanol–water partition coefficient (Wildman–Crippen LogP) is 2.11. The molecule has 4 nitrogen and oxygen atoms in total. The van der Waals surface area contributed by atoms with Gasteiger partial charge < -0.3 is 15.8 Å². The first kappa shape index (κ1) is 15.5. The van der Waals surface area contributed by atoms with Gasteiger partial charge in [0.2, 0.25) is 0 Å². The second-order valence-corrected chi connectivity index (χ2v) is 5.43. The number of rotatable bonds is 5. The fourth-order valence-electron chi connectivity index (χ4n) is 1.76. The number of hydrogen-bond donors (Lipinski definition) is 2. The number of methoxy groups -OCH3 is 1. The molecule has 1 amide bonds. The fraction of sp³-hybridized carbons (Fsp3) is 0.533. The van der Waals surface area contributed by atoms with Crippen molar-refractivity contribution in [3.63, 3.8) is 0 Å². The summed E-state index contributed by atoms with van der Waals surface area (Å²) < 4.78 is 5.24. The first-order chi connectivity index (χ1) is 8.84. The maximum atomic E-state index is 12.4. The van der Waals surface area contributed by atoms with Crippen LogP contribution in [0.1, 0.15) is 36.7 Å². The van der Waals surface area contributed by atoms with Gasteiger partial charge in [-0.05, 0) is 31.9 Å². The highest BCUT2D eigenvalue weighted by Crippen LogP contribution is 2.22. The Morgan fingerprint density at radius 2 is 2.11 bits per heavy atom. The Kier molecular flexibility index (Phi) is 4.95. The third-order valence-corrected chi connectivity index (χ3v) is 3.70. The fourth-order valence-corrected chi connectivity index (χ4v) is 1.76. The van der Waals surface area contributed by atoms with Crippen molar-refractivity contribution in [2.75, 3.05) is 13.7 Å². The molecule has 0 bridgehead atoms. The van der Waals surface area contributed by atoms with E-state index in [0.29, 0.717) is 17.9 Å². The highest BCUT2D eigenvalue weighted by molar-refractivity contribution is 5.97. The molecule has 0 aliphatic heterocycles. The van der Waals surface area contributed by atoms with Crippen LogP contribution in [0, 0.1) is 12.8 Å². The SMILES string of the molecule is COc1ccc(C)cc1C(=O)NC(C)(CN)C(C)C. The average molecular weight is 264 g/mol. The standard InChI is InChI=1S/C15H24N2O2/c1-10(2)15(4,9-16)17-14(18)12-8-11(3)6-7-13(12)19-5/h6-8,10H,9,16H2,1-5H3,(H,17,18). The summed E-state index contributed by atoms with van der Waals surface area (Å²) in [6.45, 7) is 8.38. The minimum Gasteiger partial charge on any atom is -0.496 e. The Morgan fingerprint density at radius 3 is 2.58 bits per heavy atom. The number of carbonyl (C=O) groups excluding carboxylic acids is 1. The normalized spacial score (nSPS) is 14.1. The molecular formula is C15H24N2O2. The van der Waals surface area contributed by atoms with Gasteiger partial charge in [0.25, 0.3) is 5.91 Å². The summed E-state index contributed by atoms with van der Waals surface area (Å²) in [6, 6.07) is 5.55. The Bertz CT molecular complexity index is 457. The van der Waals surface area contributed by atoms with Gasteiger partial charge in [-0.2, -0.15) is 0 Å². The monoisotopic (exact) mass is 264 g/mol. The van der Waals surface area contributed by atoms with Crippen LogP contribution in [-0.2, 0) is 0 Å². The first-order valence-electron chi connectivity index (χ1n) is 6.51. The van der Waals surface area contributed by atoms with E-state index in [1.165, 1.54) is 0 Å². The zero-order valence-electron chi connectivity index (χ0n) is 12.4. The van der Waals surface area contributed by atoms with Crippen LogP contribution >= 0.6 is 0 Å².